The van der Waals surface area contributed by atoms with Crippen LogP contribution in [-0.2, 0) is 4.79 Å². The summed E-state index contributed by atoms with van der Waals surface area (Å²) in [4.78, 5) is 15.3. The van der Waals surface area contributed by atoms with E-state index in [4.69, 9.17) is 14.6 Å². The minimum Gasteiger partial charge on any atom is -0.475 e. The van der Waals surface area contributed by atoms with E-state index in [9.17, 15) is 17.6 Å². The monoisotopic (exact) mass is 396 g/mol. The SMILES string of the molecule is CC(C)N1CC2(CC(Oc3ncccc3F)CS2)C1.O=C(O)C(F)(F)F. The predicted molar refractivity (Wildman–Crippen MR) is 88.8 cm³/mol. The summed E-state index contributed by atoms with van der Waals surface area (Å²) in [5.74, 6) is -2.05. The number of hydrogen-bond acceptors (Lipinski definition) is 5. The average molecular weight is 396 g/mol. The zero-order valence-electron chi connectivity index (χ0n) is 14.3. The molecule has 0 saturated carbocycles. The number of likely N-dealkylation sites (tertiary alicyclic amines) is 1. The Morgan fingerprint density at radius 2 is 2.08 bits per heavy atom. The Kier molecular flexibility index (Phi) is 6.38. The van der Waals surface area contributed by atoms with Gasteiger partial charge in [-0.25, -0.2) is 14.2 Å². The first-order chi connectivity index (χ1) is 12.0. The minimum absolute atomic E-state index is 0.0868. The number of nitrogens with zero attached hydrogens (tertiary/aromatic N) is 2. The second-order valence-electron chi connectivity index (χ2n) is 6.53. The first-order valence-electron chi connectivity index (χ1n) is 7.98. The molecule has 0 aliphatic carbocycles. The summed E-state index contributed by atoms with van der Waals surface area (Å²) in [5.41, 5.74) is 0. The smallest absolute Gasteiger partial charge is 0.475 e. The molecule has 0 bridgehead atoms. The highest BCUT2D eigenvalue weighted by molar-refractivity contribution is 8.01. The number of carboxylic acids is 1. The lowest BCUT2D eigenvalue weighted by Gasteiger charge is -2.49. The van der Waals surface area contributed by atoms with E-state index in [2.05, 4.69) is 23.7 Å². The van der Waals surface area contributed by atoms with Crippen LogP contribution in [0.25, 0.3) is 0 Å². The average Bonchev–Trinajstić information content (AvgIpc) is 2.92. The molecule has 26 heavy (non-hydrogen) atoms. The lowest BCUT2D eigenvalue weighted by molar-refractivity contribution is -0.192. The molecule has 1 spiro atoms. The van der Waals surface area contributed by atoms with Gasteiger partial charge in [0.2, 0.25) is 0 Å². The van der Waals surface area contributed by atoms with Gasteiger partial charge >= 0.3 is 12.1 Å². The Bertz CT molecular complexity index is 636. The molecular formula is C16H20F4N2O3S. The van der Waals surface area contributed by atoms with Crippen molar-refractivity contribution in [2.45, 2.75) is 43.3 Å². The van der Waals surface area contributed by atoms with Crippen molar-refractivity contribution in [3.63, 3.8) is 0 Å². The van der Waals surface area contributed by atoms with Crippen LogP contribution in [0.4, 0.5) is 17.6 Å². The van der Waals surface area contributed by atoms with Crippen LogP contribution < -0.4 is 4.74 Å². The first-order valence-corrected chi connectivity index (χ1v) is 8.96. The standard InChI is InChI=1S/C14H19FN2OS.C2HF3O2/c1-10(2)17-8-14(9-17)6-11(7-19-14)18-13-12(15)4-3-5-16-13;3-2(4,5)1(6)7/h3-5,10-11H,6-9H2,1-2H3;(H,6,7). The van der Waals surface area contributed by atoms with Gasteiger partial charge in [0.05, 0.1) is 0 Å². The summed E-state index contributed by atoms with van der Waals surface area (Å²) in [6.07, 6.45) is -2.43. The van der Waals surface area contributed by atoms with E-state index in [1.54, 1.807) is 12.3 Å². The largest absolute Gasteiger partial charge is 0.490 e. The van der Waals surface area contributed by atoms with Crippen molar-refractivity contribution in [1.29, 1.82) is 0 Å². The Labute approximate surface area is 152 Å². The van der Waals surface area contributed by atoms with Gasteiger partial charge in [-0.05, 0) is 26.0 Å². The van der Waals surface area contributed by atoms with Crippen molar-refractivity contribution < 1.29 is 32.2 Å². The Balaban J connectivity index is 0.000000298. The molecule has 1 aromatic heterocycles. The molecule has 3 heterocycles. The lowest BCUT2D eigenvalue weighted by Crippen LogP contribution is -2.61. The van der Waals surface area contributed by atoms with Crippen LogP contribution in [0.3, 0.4) is 0 Å². The third-order valence-electron chi connectivity index (χ3n) is 4.13. The number of rotatable bonds is 3. The van der Waals surface area contributed by atoms with Crippen LogP contribution in [0, 0.1) is 5.82 Å². The molecule has 1 N–H and O–H groups in total. The molecule has 1 atom stereocenters. The van der Waals surface area contributed by atoms with Gasteiger partial charge in [0.15, 0.2) is 5.82 Å². The fourth-order valence-electron chi connectivity index (χ4n) is 2.77. The van der Waals surface area contributed by atoms with Gasteiger partial charge in [0, 0.05) is 42.2 Å². The molecular weight excluding hydrogens is 376 g/mol. The minimum atomic E-state index is -5.08. The maximum atomic E-state index is 13.5. The number of carboxylic acid groups (broad SMARTS) is 1. The third kappa shape index (κ3) is 5.23. The highest BCUT2D eigenvalue weighted by atomic mass is 32.2. The maximum absolute atomic E-state index is 13.5. The number of halogens is 4. The van der Waals surface area contributed by atoms with Crippen LogP contribution in [-0.4, -0.2) is 62.9 Å². The summed E-state index contributed by atoms with van der Waals surface area (Å²) in [7, 11) is 0. The topological polar surface area (TPSA) is 62.7 Å². The number of pyridine rings is 1. The van der Waals surface area contributed by atoms with Crippen molar-refractivity contribution in [2.75, 3.05) is 18.8 Å². The number of aliphatic carboxylic acids is 1. The highest BCUT2D eigenvalue weighted by Crippen LogP contribution is 2.46. The second-order valence-corrected chi connectivity index (χ2v) is 8.02. The number of ether oxygens (including phenoxy) is 1. The highest BCUT2D eigenvalue weighted by Gasteiger charge is 2.50. The van der Waals surface area contributed by atoms with Crippen molar-refractivity contribution in [3.8, 4) is 5.88 Å². The van der Waals surface area contributed by atoms with Gasteiger partial charge in [0.1, 0.15) is 6.10 Å². The molecule has 5 nitrogen and oxygen atoms in total. The van der Waals surface area contributed by atoms with E-state index < -0.39 is 12.1 Å². The normalized spacial score (nSPS) is 21.9. The van der Waals surface area contributed by atoms with Gasteiger partial charge in [-0.1, -0.05) is 0 Å². The van der Waals surface area contributed by atoms with Crippen molar-refractivity contribution >= 4 is 17.7 Å². The Morgan fingerprint density at radius 3 is 2.58 bits per heavy atom. The number of aromatic nitrogens is 1. The Morgan fingerprint density at radius 1 is 1.46 bits per heavy atom. The number of alkyl halides is 3. The summed E-state index contributed by atoms with van der Waals surface area (Å²) < 4.78 is 51.3. The second kappa shape index (κ2) is 7.99. The van der Waals surface area contributed by atoms with Crippen LogP contribution in [0.2, 0.25) is 0 Å². The summed E-state index contributed by atoms with van der Waals surface area (Å²) in [5, 5.41) is 7.12. The number of carbonyl (C=O) groups is 1. The summed E-state index contributed by atoms with van der Waals surface area (Å²) >= 11 is 1.97. The Hall–Kier alpha value is -1.55. The summed E-state index contributed by atoms with van der Waals surface area (Å²) in [6, 6.07) is 3.59. The van der Waals surface area contributed by atoms with Crippen LogP contribution in [0.1, 0.15) is 20.3 Å². The first kappa shape index (κ1) is 20.8. The zero-order chi connectivity index (χ0) is 19.5. The van der Waals surface area contributed by atoms with Crippen LogP contribution in [0.15, 0.2) is 18.3 Å². The van der Waals surface area contributed by atoms with Crippen LogP contribution in [0.5, 0.6) is 5.88 Å². The fourth-order valence-corrected chi connectivity index (χ4v) is 4.32. The molecule has 1 aromatic rings. The number of thioether (sulfide) groups is 1. The van der Waals surface area contributed by atoms with Gasteiger partial charge in [0.25, 0.3) is 5.88 Å². The van der Waals surface area contributed by atoms with Crippen molar-refractivity contribution in [3.05, 3.63) is 24.1 Å². The fraction of sp³-hybridized carbons (Fsp3) is 0.625. The van der Waals surface area contributed by atoms with E-state index in [1.165, 1.54) is 6.07 Å². The van der Waals surface area contributed by atoms with E-state index in [0.717, 1.165) is 25.3 Å². The van der Waals surface area contributed by atoms with E-state index in [0.29, 0.717) is 10.8 Å². The molecule has 2 aliphatic rings. The lowest BCUT2D eigenvalue weighted by atomic mass is 9.92. The van der Waals surface area contributed by atoms with Gasteiger partial charge in [-0.3, -0.25) is 4.90 Å². The van der Waals surface area contributed by atoms with Gasteiger partial charge in [-0.15, -0.1) is 11.8 Å². The van der Waals surface area contributed by atoms with E-state index >= 15 is 0 Å². The molecule has 0 aromatic carbocycles. The van der Waals surface area contributed by atoms with Gasteiger partial charge in [-0.2, -0.15) is 13.2 Å². The molecule has 10 heteroatoms. The molecule has 2 saturated heterocycles. The predicted octanol–water partition coefficient (Wildman–Crippen LogP) is 3.20. The maximum Gasteiger partial charge on any atom is 0.490 e. The number of hydrogen-bond donors (Lipinski definition) is 1. The summed E-state index contributed by atoms with van der Waals surface area (Å²) in [6.45, 7) is 6.70. The quantitative estimate of drug-likeness (QED) is 0.792. The molecule has 2 aliphatic heterocycles. The van der Waals surface area contributed by atoms with Crippen molar-refractivity contribution in [2.24, 2.45) is 0 Å². The zero-order valence-corrected chi connectivity index (χ0v) is 15.1. The molecule has 2 fully saturated rings. The third-order valence-corrected chi connectivity index (χ3v) is 5.71. The molecule has 0 amide bonds. The van der Waals surface area contributed by atoms with Crippen LogP contribution >= 0.6 is 11.8 Å². The molecule has 3 rings (SSSR count). The van der Waals surface area contributed by atoms with E-state index in [-0.39, 0.29) is 17.8 Å². The van der Waals surface area contributed by atoms with Gasteiger partial charge < -0.3 is 9.84 Å². The van der Waals surface area contributed by atoms with E-state index in [1.807, 2.05) is 11.8 Å². The molecule has 1 unspecified atom stereocenters. The molecule has 0 radical (unpaired) electrons. The van der Waals surface area contributed by atoms with Crippen molar-refractivity contribution in [1.82, 2.24) is 9.88 Å². The molecule has 146 valence electrons.